The SMILES string of the molecule is CCOC(=O)C1=C(N)N2C(=O)C(CC(=O)O)SC2=C(C#N)C1c1ccco1. The van der Waals surface area contributed by atoms with Crippen molar-refractivity contribution >= 4 is 29.6 Å². The Morgan fingerprint density at radius 2 is 2.26 bits per heavy atom. The Bertz CT molecular complexity index is 912. The normalized spacial score (nSPS) is 21.9. The van der Waals surface area contributed by atoms with Gasteiger partial charge in [-0.3, -0.25) is 14.5 Å². The number of carboxylic acids is 1. The van der Waals surface area contributed by atoms with Gasteiger partial charge in [-0.05, 0) is 19.1 Å². The minimum absolute atomic E-state index is 0.0727. The zero-order valence-corrected chi connectivity index (χ0v) is 15.0. The molecule has 27 heavy (non-hydrogen) atoms. The predicted molar refractivity (Wildman–Crippen MR) is 92.4 cm³/mol. The largest absolute Gasteiger partial charge is 0.481 e. The molecule has 2 aliphatic rings. The number of furan rings is 1. The van der Waals surface area contributed by atoms with Crippen molar-refractivity contribution in [2.75, 3.05) is 6.61 Å². The number of nitrogens with two attached hydrogens (primary N) is 1. The van der Waals surface area contributed by atoms with Crippen LogP contribution in [0.4, 0.5) is 0 Å². The quantitative estimate of drug-likeness (QED) is 0.710. The highest BCUT2D eigenvalue weighted by Crippen LogP contribution is 2.49. The lowest BCUT2D eigenvalue weighted by Gasteiger charge is -2.30. The Labute approximate surface area is 158 Å². The van der Waals surface area contributed by atoms with E-state index in [-0.39, 0.29) is 28.6 Å². The molecule has 0 spiro atoms. The maximum Gasteiger partial charge on any atom is 0.338 e. The van der Waals surface area contributed by atoms with Gasteiger partial charge < -0.3 is 20.0 Å². The molecule has 140 valence electrons. The number of esters is 1. The molecule has 3 N–H and O–H groups in total. The van der Waals surface area contributed by atoms with Gasteiger partial charge in [0.25, 0.3) is 0 Å². The summed E-state index contributed by atoms with van der Waals surface area (Å²) in [4.78, 5) is 37.3. The summed E-state index contributed by atoms with van der Waals surface area (Å²) >= 11 is 0.940. The zero-order valence-electron chi connectivity index (χ0n) is 14.2. The first-order valence-electron chi connectivity index (χ1n) is 7.97. The van der Waals surface area contributed by atoms with Gasteiger partial charge in [0, 0.05) is 0 Å². The molecule has 2 unspecified atom stereocenters. The van der Waals surface area contributed by atoms with Crippen LogP contribution < -0.4 is 5.73 Å². The second-order valence-corrected chi connectivity index (χ2v) is 6.87. The molecular formula is C17H15N3O6S. The topological polar surface area (TPSA) is 147 Å². The molecule has 0 aliphatic carbocycles. The Balaban J connectivity index is 2.18. The van der Waals surface area contributed by atoms with Gasteiger partial charge in [-0.1, -0.05) is 11.8 Å². The highest BCUT2D eigenvalue weighted by atomic mass is 32.2. The fourth-order valence-corrected chi connectivity index (χ4v) is 4.29. The molecule has 0 saturated carbocycles. The maximum absolute atomic E-state index is 12.7. The van der Waals surface area contributed by atoms with Crippen LogP contribution >= 0.6 is 11.8 Å². The summed E-state index contributed by atoms with van der Waals surface area (Å²) in [6.45, 7) is 1.69. The van der Waals surface area contributed by atoms with Crippen molar-refractivity contribution in [3.63, 3.8) is 0 Å². The molecule has 1 saturated heterocycles. The smallest absolute Gasteiger partial charge is 0.338 e. The molecule has 9 nitrogen and oxygen atoms in total. The third kappa shape index (κ3) is 3.06. The molecule has 0 aromatic carbocycles. The summed E-state index contributed by atoms with van der Waals surface area (Å²) in [6.07, 6.45) is 0.955. The van der Waals surface area contributed by atoms with E-state index in [1.54, 1.807) is 19.1 Å². The number of amides is 1. The van der Waals surface area contributed by atoms with Crippen LogP contribution in [0.2, 0.25) is 0 Å². The van der Waals surface area contributed by atoms with Crippen LogP contribution in [0.25, 0.3) is 0 Å². The average Bonchev–Trinajstić information content (AvgIpc) is 3.23. The Morgan fingerprint density at radius 1 is 1.52 bits per heavy atom. The van der Waals surface area contributed by atoms with Gasteiger partial charge in [-0.15, -0.1) is 0 Å². The Kier molecular flexibility index (Phi) is 4.96. The standard InChI is InChI=1S/C17H15N3O6S/c1-2-25-17(24)13-12(9-4-3-5-26-9)8(7-18)16-20(14(13)19)15(23)10(27-16)6-11(21)22/h3-5,10,12H,2,6,19H2,1H3,(H,21,22). The highest BCUT2D eigenvalue weighted by molar-refractivity contribution is 8.04. The molecule has 2 aliphatic heterocycles. The summed E-state index contributed by atoms with van der Waals surface area (Å²) < 4.78 is 10.4. The first kappa shape index (κ1) is 18.6. The Morgan fingerprint density at radius 3 is 2.81 bits per heavy atom. The number of thioether (sulfide) groups is 1. The average molecular weight is 389 g/mol. The van der Waals surface area contributed by atoms with E-state index < -0.39 is 35.4 Å². The maximum atomic E-state index is 12.7. The van der Waals surface area contributed by atoms with Gasteiger partial charge in [0.15, 0.2) is 0 Å². The molecule has 0 radical (unpaired) electrons. The molecule has 1 aromatic heterocycles. The van der Waals surface area contributed by atoms with Crippen molar-refractivity contribution in [1.29, 1.82) is 5.26 Å². The summed E-state index contributed by atoms with van der Waals surface area (Å²) in [5, 5.41) is 18.0. The third-order valence-electron chi connectivity index (χ3n) is 4.08. The predicted octanol–water partition coefficient (Wildman–Crippen LogP) is 1.26. The first-order valence-corrected chi connectivity index (χ1v) is 8.85. The third-order valence-corrected chi connectivity index (χ3v) is 5.36. The highest BCUT2D eigenvalue weighted by Gasteiger charge is 2.49. The number of carboxylic acid groups (broad SMARTS) is 1. The van der Waals surface area contributed by atoms with E-state index >= 15 is 0 Å². The van der Waals surface area contributed by atoms with Gasteiger partial charge in [-0.2, -0.15) is 5.26 Å². The fourth-order valence-electron chi connectivity index (χ4n) is 3.00. The number of aliphatic carboxylic acids is 1. The molecule has 10 heteroatoms. The van der Waals surface area contributed by atoms with Gasteiger partial charge in [0.2, 0.25) is 5.91 Å². The lowest BCUT2D eigenvalue weighted by Crippen LogP contribution is -2.39. The molecule has 2 atom stereocenters. The number of carbonyl (C=O) groups excluding carboxylic acids is 2. The van der Waals surface area contributed by atoms with Crippen molar-refractivity contribution in [3.05, 3.63) is 46.2 Å². The van der Waals surface area contributed by atoms with Crippen molar-refractivity contribution in [3.8, 4) is 6.07 Å². The molecule has 3 heterocycles. The van der Waals surface area contributed by atoms with Crippen LogP contribution in [0.15, 0.2) is 44.8 Å². The van der Waals surface area contributed by atoms with E-state index in [4.69, 9.17) is 20.0 Å². The lowest BCUT2D eigenvalue weighted by molar-refractivity contribution is -0.140. The summed E-state index contributed by atoms with van der Waals surface area (Å²) in [5.74, 6) is -3.37. The monoisotopic (exact) mass is 389 g/mol. The first-order chi connectivity index (χ1) is 12.9. The van der Waals surface area contributed by atoms with Crippen molar-refractivity contribution in [1.82, 2.24) is 4.90 Å². The van der Waals surface area contributed by atoms with Gasteiger partial charge >= 0.3 is 11.9 Å². The molecule has 3 rings (SSSR count). The summed E-state index contributed by atoms with van der Waals surface area (Å²) in [7, 11) is 0. The van der Waals surface area contributed by atoms with E-state index in [1.807, 2.05) is 6.07 Å². The molecule has 1 amide bonds. The number of nitriles is 1. The summed E-state index contributed by atoms with van der Waals surface area (Å²) in [6, 6.07) is 5.20. The van der Waals surface area contributed by atoms with E-state index in [9.17, 15) is 19.6 Å². The van der Waals surface area contributed by atoms with E-state index in [0.29, 0.717) is 5.76 Å². The second kappa shape index (κ2) is 7.20. The van der Waals surface area contributed by atoms with E-state index in [0.717, 1.165) is 16.7 Å². The minimum atomic E-state index is -1.16. The van der Waals surface area contributed by atoms with Crippen LogP contribution in [0.5, 0.6) is 0 Å². The minimum Gasteiger partial charge on any atom is -0.481 e. The van der Waals surface area contributed by atoms with Gasteiger partial charge in [0.05, 0.1) is 47.5 Å². The van der Waals surface area contributed by atoms with Crippen LogP contribution in [0.1, 0.15) is 25.0 Å². The number of nitrogens with zero attached hydrogens (tertiary/aromatic N) is 2. The number of carbonyl (C=O) groups is 3. The van der Waals surface area contributed by atoms with Crippen molar-refractivity contribution in [2.45, 2.75) is 24.5 Å². The van der Waals surface area contributed by atoms with Gasteiger partial charge in [-0.25, -0.2) is 4.79 Å². The van der Waals surface area contributed by atoms with Crippen molar-refractivity contribution < 1.29 is 28.6 Å². The van der Waals surface area contributed by atoms with Crippen LogP contribution in [0, 0.1) is 11.3 Å². The number of hydrogen-bond acceptors (Lipinski definition) is 8. The molecular weight excluding hydrogens is 374 g/mol. The zero-order chi connectivity index (χ0) is 19.7. The van der Waals surface area contributed by atoms with Gasteiger partial charge in [0.1, 0.15) is 16.8 Å². The number of rotatable bonds is 5. The molecule has 0 bridgehead atoms. The number of fused-ring (bicyclic) bond motifs is 1. The lowest BCUT2D eigenvalue weighted by atomic mass is 9.86. The van der Waals surface area contributed by atoms with Crippen LogP contribution in [-0.4, -0.2) is 39.7 Å². The number of ether oxygens (including phenoxy) is 1. The molecule has 1 aromatic rings. The fraction of sp³-hybridized carbons (Fsp3) is 0.294. The summed E-state index contributed by atoms with van der Waals surface area (Å²) in [5.41, 5.74) is 6.12. The number of hydrogen-bond donors (Lipinski definition) is 2. The van der Waals surface area contributed by atoms with E-state index in [2.05, 4.69) is 0 Å². The molecule has 1 fully saturated rings. The van der Waals surface area contributed by atoms with Crippen molar-refractivity contribution in [2.24, 2.45) is 5.73 Å². The van der Waals surface area contributed by atoms with E-state index in [1.165, 1.54) is 6.26 Å². The number of allylic oxidation sites excluding steroid dienone is 1. The Hall–Kier alpha value is -3.19. The van der Waals surface area contributed by atoms with Crippen LogP contribution in [0.3, 0.4) is 0 Å². The van der Waals surface area contributed by atoms with Crippen LogP contribution in [-0.2, 0) is 19.1 Å². The second-order valence-electron chi connectivity index (χ2n) is 5.68.